The van der Waals surface area contributed by atoms with E-state index < -0.39 is 7.92 Å². The van der Waals surface area contributed by atoms with Gasteiger partial charge in [0.1, 0.15) is 17.2 Å². The van der Waals surface area contributed by atoms with E-state index in [1.807, 2.05) is 18.2 Å². The van der Waals surface area contributed by atoms with Crippen LogP contribution in [0, 0.1) is 0 Å². The Morgan fingerprint density at radius 1 is 0.529 bits per heavy atom. The lowest BCUT2D eigenvalue weighted by molar-refractivity contribution is 0.349. The molecule has 3 aromatic rings. The van der Waals surface area contributed by atoms with Crippen LogP contribution in [0.2, 0.25) is 0 Å². The number of ether oxygens (including phenoxy) is 3. The molecule has 6 rings (SSSR count). The minimum atomic E-state index is -1.07. The fraction of sp³-hybridized carbons (Fsp3) is 0.250. The summed E-state index contributed by atoms with van der Waals surface area (Å²) in [6.07, 6.45) is 2.39. The van der Waals surface area contributed by atoms with Gasteiger partial charge >= 0.3 is 0 Å². The minimum absolute atomic E-state index is 0.604. The molecule has 0 bridgehead atoms. The summed E-state index contributed by atoms with van der Waals surface area (Å²) in [6, 6.07) is 12.6. The van der Waals surface area contributed by atoms with Crippen LogP contribution < -0.4 is 30.1 Å². The third-order valence-electron chi connectivity index (χ3n) is 6.27. The molecule has 6 nitrogen and oxygen atoms in total. The lowest BCUT2D eigenvalue weighted by Crippen LogP contribution is -2.22. The Morgan fingerprint density at radius 2 is 0.853 bits per heavy atom. The van der Waals surface area contributed by atoms with Crippen molar-refractivity contribution in [2.45, 2.75) is 33.9 Å². The first kappa shape index (κ1) is 22.9. The van der Waals surface area contributed by atoms with Crippen molar-refractivity contribution in [3.8, 4) is 17.2 Å². The van der Waals surface area contributed by atoms with Crippen LogP contribution in [0.4, 0.5) is 0 Å². The van der Waals surface area contributed by atoms with Crippen LogP contribution in [0.15, 0.2) is 51.1 Å². The molecule has 3 heterocycles. The van der Waals surface area contributed by atoms with E-state index in [1.54, 1.807) is 0 Å². The highest BCUT2D eigenvalue weighted by molar-refractivity contribution is 7.94. The van der Waals surface area contributed by atoms with E-state index in [-0.39, 0.29) is 0 Å². The molecule has 3 aliphatic heterocycles. The Kier molecular flexibility index (Phi) is 6.36. The molecule has 0 saturated heterocycles. The molecule has 0 amide bonds. The molecule has 0 radical (unpaired) electrons. The second-order valence-electron chi connectivity index (χ2n) is 8.20. The summed E-state index contributed by atoms with van der Waals surface area (Å²) in [5.41, 5.74) is 3.26. The summed E-state index contributed by atoms with van der Waals surface area (Å²) in [7, 11) is -1.07. The maximum atomic E-state index is 10.0. The molecule has 0 atom stereocenters. The van der Waals surface area contributed by atoms with Crippen molar-refractivity contribution < 1.29 is 27.9 Å². The average Bonchev–Trinajstić information content (AvgIpc) is 3.62. The third-order valence-corrected chi connectivity index (χ3v) is 10.1. The van der Waals surface area contributed by atoms with Crippen molar-refractivity contribution in [1.29, 1.82) is 0 Å². The summed E-state index contributed by atoms with van der Waals surface area (Å²) in [6.45, 7) is 1.81. The molecule has 0 aromatic heterocycles. The number of hydrogen-bond acceptors (Lipinski definition) is 9. The Labute approximate surface area is 211 Å². The molecule has 3 N–H and O–H groups in total. The van der Waals surface area contributed by atoms with Gasteiger partial charge in [0.05, 0.1) is 34.5 Å². The van der Waals surface area contributed by atoms with Gasteiger partial charge in [-0.3, -0.25) is 0 Å². The summed E-state index contributed by atoms with van der Waals surface area (Å²) in [5.74, 6) is 2.28. The van der Waals surface area contributed by atoms with Gasteiger partial charge in [-0.05, 0) is 76.9 Å². The second kappa shape index (κ2) is 9.47. The fourth-order valence-electron chi connectivity index (χ4n) is 4.81. The van der Waals surface area contributed by atoms with Crippen LogP contribution in [0.5, 0.6) is 17.2 Å². The van der Waals surface area contributed by atoms with Gasteiger partial charge < -0.3 is 27.9 Å². The summed E-state index contributed by atoms with van der Waals surface area (Å²) < 4.78 is 47.4. The average molecular weight is 533 g/mol. The molecule has 0 saturated carbocycles. The van der Waals surface area contributed by atoms with Gasteiger partial charge in [-0.1, -0.05) is 0 Å². The maximum Gasteiger partial charge on any atom is 0.138 e. The zero-order valence-electron chi connectivity index (χ0n) is 17.9. The predicted octanol–water partition coefficient (Wildman–Crippen LogP) is 4.94. The Morgan fingerprint density at radius 3 is 1.15 bits per heavy atom. The Balaban J connectivity index is 1.58. The smallest absolute Gasteiger partial charge is 0.138 e. The molecular weight excluding hydrogens is 511 g/mol. The lowest BCUT2D eigenvalue weighted by atomic mass is 10.2. The molecule has 3 aromatic carbocycles. The fourth-order valence-corrected chi connectivity index (χ4v) is 8.95. The number of fused-ring (bicyclic) bond motifs is 3. The first-order chi connectivity index (χ1) is 16.7. The van der Waals surface area contributed by atoms with Crippen molar-refractivity contribution in [3.05, 3.63) is 53.1 Å². The first-order valence-electron chi connectivity index (χ1n) is 10.8. The van der Waals surface area contributed by atoms with Gasteiger partial charge in [-0.15, -0.1) is 0 Å². The van der Waals surface area contributed by atoms with Crippen molar-refractivity contribution in [2.75, 3.05) is 19.8 Å². The normalized spacial score (nSPS) is 15.5. The molecule has 0 unspecified atom stereocenters. The first-order valence-corrected chi connectivity index (χ1v) is 14.5. The zero-order valence-corrected chi connectivity index (χ0v) is 21.3. The quantitative estimate of drug-likeness (QED) is 0.302. The molecule has 0 spiro atoms. The molecule has 176 valence electrons. The largest absolute Gasteiger partial charge is 0.492 e. The molecule has 3 aliphatic rings. The summed E-state index contributed by atoms with van der Waals surface area (Å²) in [4.78, 5) is 2.13. The highest BCUT2D eigenvalue weighted by Gasteiger charge is 2.29. The van der Waals surface area contributed by atoms with E-state index in [0.29, 0.717) is 70.6 Å². The molecule has 34 heavy (non-hydrogen) atoms. The monoisotopic (exact) mass is 532 g/mol. The third kappa shape index (κ3) is 3.88. The van der Waals surface area contributed by atoms with E-state index in [1.165, 1.54) is 0 Å². The lowest BCUT2D eigenvalue weighted by Gasteiger charge is -2.23. The highest BCUT2D eigenvalue weighted by Crippen LogP contribution is 2.45. The van der Waals surface area contributed by atoms with Crippen LogP contribution in [0.3, 0.4) is 0 Å². The SMILES string of the molecule is OSc1cc(P(c2cc3c(c(SO)c2)OCC3)c2cc3c(c(SO)c2)OCC3)cc2c1OCC2. The topological polar surface area (TPSA) is 88.4 Å². The zero-order chi connectivity index (χ0) is 23.2. The van der Waals surface area contributed by atoms with Crippen molar-refractivity contribution >= 4 is 60.0 Å². The number of rotatable bonds is 6. The van der Waals surface area contributed by atoms with Gasteiger partial charge in [-0.25, -0.2) is 0 Å². The predicted molar refractivity (Wildman–Crippen MR) is 138 cm³/mol. The van der Waals surface area contributed by atoms with Crippen LogP contribution >= 0.6 is 44.0 Å². The molecular formula is C24H21O6PS3. The van der Waals surface area contributed by atoms with Gasteiger partial charge in [-0.2, -0.15) is 0 Å². The maximum absolute atomic E-state index is 10.0. The van der Waals surface area contributed by atoms with Crippen molar-refractivity contribution in [2.24, 2.45) is 0 Å². The summed E-state index contributed by atoms with van der Waals surface area (Å²) >= 11 is 2.13. The van der Waals surface area contributed by atoms with Crippen LogP contribution in [0.1, 0.15) is 16.7 Å². The van der Waals surface area contributed by atoms with E-state index in [0.717, 1.165) is 69.1 Å². The standard InChI is InChI=1S/C24H21O6PS3/c25-32-19-10-16(7-13-1-4-28-22(13)19)31(17-8-14-2-5-29-23(14)20(11-17)33-26)18-9-15-3-6-30-24(15)21(12-18)34-27/h7-12,25-27H,1-6H2. The number of hydrogen-bond donors (Lipinski definition) is 3. The van der Waals surface area contributed by atoms with E-state index in [9.17, 15) is 13.7 Å². The molecule has 10 heteroatoms. The van der Waals surface area contributed by atoms with Crippen molar-refractivity contribution in [3.63, 3.8) is 0 Å². The number of benzene rings is 3. The van der Waals surface area contributed by atoms with Crippen molar-refractivity contribution in [1.82, 2.24) is 0 Å². The van der Waals surface area contributed by atoms with Gasteiger partial charge in [0, 0.05) is 55.4 Å². The van der Waals surface area contributed by atoms with Crippen LogP contribution in [-0.2, 0) is 19.3 Å². The van der Waals surface area contributed by atoms with Gasteiger partial charge in [0.25, 0.3) is 0 Å². The van der Waals surface area contributed by atoms with Crippen LogP contribution in [-0.4, -0.2) is 33.5 Å². The van der Waals surface area contributed by atoms with E-state index in [2.05, 4.69) is 18.2 Å². The van der Waals surface area contributed by atoms with Crippen LogP contribution in [0.25, 0.3) is 0 Å². The Hall–Kier alpha value is -1.58. The van der Waals surface area contributed by atoms with Gasteiger partial charge in [0.15, 0.2) is 0 Å². The Bertz CT molecular complexity index is 1130. The minimum Gasteiger partial charge on any atom is -0.492 e. The van der Waals surface area contributed by atoms with E-state index in [4.69, 9.17) is 14.2 Å². The second-order valence-corrected chi connectivity index (χ2v) is 12.3. The molecule has 0 aliphatic carbocycles. The summed E-state index contributed by atoms with van der Waals surface area (Å²) in [5, 5.41) is 3.24. The molecule has 0 fully saturated rings. The van der Waals surface area contributed by atoms with Gasteiger partial charge in [0.2, 0.25) is 0 Å². The van der Waals surface area contributed by atoms with E-state index >= 15 is 0 Å². The highest BCUT2D eigenvalue weighted by atomic mass is 32.2.